The highest BCUT2D eigenvalue weighted by Crippen LogP contribution is 2.20. The second kappa shape index (κ2) is 6.47. The third kappa shape index (κ3) is 3.76. The lowest BCUT2D eigenvalue weighted by Crippen LogP contribution is -2.26. The SMILES string of the molecule is CCCNCc1nc(CN2CCCC2C)cs1. The zero-order chi connectivity index (χ0) is 12.1. The first-order valence-corrected chi connectivity index (χ1v) is 7.55. The normalized spacial score (nSPS) is 21.2. The van der Waals surface area contributed by atoms with Crippen molar-refractivity contribution in [1.82, 2.24) is 15.2 Å². The van der Waals surface area contributed by atoms with E-state index >= 15 is 0 Å². The highest BCUT2D eigenvalue weighted by atomic mass is 32.1. The van der Waals surface area contributed by atoms with Gasteiger partial charge in [-0.2, -0.15) is 0 Å². The van der Waals surface area contributed by atoms with Crippen LogP contribution in [-0.2, 0) is 13.1 Å². The Kier molecular flexibility index (Phi) is 4.95. The molecule has 0 bridgehead atoms. The Hall–Kier alpha value is -0.450. The topological polar surface area (TPSA) is 28.2 Å². The zero-order valence-corrected chi connectivity index (χ0v) is 11.7. The van der Waals surface area contributed by atoms with Crippen LogP contribution in [0.5, 0.6) is 0 Å². The lowest BCUT2D eigenvalue weighted by Gasteiger charge is -2.19. The van der Waals surface area contributed by atoms with E-state index in [2.05, 4.69) is 29.4 Å². The Labute approximate surface area is 108 Å². The number of likely N-dealkylation sites (tertiary alicyclic amines) is 1. The summed E-state index contributed by atoms with van der Waals surface area (Å²) in [6.45, 7) is 8.79. The lowest BCUT2D eigenvalue weighted by atomic mass is 10.2. The quantitative estimate of drug-likeness (QED) is 0.790. The number of nitrogens with zero attached hydrogens (tertiary/aromatic N) is 2. The Bertz CT molecular complexity index is 337. The molecule has 0 amide bonds. The molecule has 1 atom stereocenters. The predicted molar refractivity (Wildman–Crippen MR) is 73.2 cm³/mol. The fourth-order valence-corrected chi connectivity index (χ4v) is 3.07. The summed E-state index contributed by atoms with van der Waals surface area (Å²) in [5, 5.41) is 6.84. The summed E-state index contributed by atoms with van der Waals surface area (Å²) in [7, 11) is 0. The van der Waals surface area contributed by atoms with E-state index in [9.17, 15) is 0 Å². The van der Waals surface area contributed by atoms with Gasteiger partial charge in [0.25, 0.3) is 0 Å². The molecule has 96 valence electrons. The molecular formula is C13H23N3S. The number of thiazole rings is 1. The molecule has 1 aliphatic rings. The maximum Gasteiger partial charge on any atom is 0.107 e. The van der Waals surface area contributed by atoms with Crippen LogP contribution in [0.4, 0.5) is 0 Å². The lowest BCUT2D eigenvalue weighted by molar-refractivity contribution is 0.257. The predicted octanol–water partition coefficient (Wildman–Crippen LogP) is 2.63. The van der Waals surface area contributed by atoms with Gasteiger partial charge < -0.3 is 5.32 Å². The number of nitrogens with one attached hydrogen (secondary N) is 1. The van der Waals surface area contributed by atoms with E-state index in [4.69, 9.17) is 4.98 Å². The molecule has 1 aliphatic heterocycles. The summed E-state index contributed by atoms with van der Waals surface area (Å²) in [6.07, 6.45) is 3.87. The van der Waals surface area contributed by atoms with Crippen molar-refractivity contribution in [1.29, 1.82) is 0 Å². The molecule has 0 saturated carbocycles. The van der Waals surface area contributed by atoms with Crippen molar-refractivity contribution in [2.45, 2.75) is 52.2 Å². The van der Waals surface area contributed by atoms with Crippen LogP contribution >= 0.6 is 11.3 Å². The fraction of sp³-hybridized carbons (Fsp3) is 0.769. The van der Waals surface area contributed by atoms with Gasteiger partial charge in [-0.15, -0.1) is 11.3 Å². The first kappa shape index (κ1) is 13.0. The van der Waals surface area contributed by atoms with Gasteiger partial charge in [0.1, 0.15) is 5.01 Å². The Morgan fingerprint density at radius 1 is 1.59 bits per heavy atom. The van der Waals surface area contributed by atoms with E-state index in [0.717, 1.165) is 25.7 Å². The van der Waals surface area contributed by atoms with Gasteiger partial charge >= 0.3 is 0 Å². The van der Waals surface area contributed by atoms with Crippen molar-refractivity contribution in [2.24, 2.45) is 0 Å². The van der Waals surface area contributed by atoms with Crippen molar-refractivity contribution in [3.05, 3.63) is 16.1 Å². The van der Waals surface area contributed by atoms with Crippen LogP contribution in [0.15, 0.2) is 5.38 Å². The molecule has 1 saturated heterocycles. The highest BCUT2D eigenvalue weighted by molar-refractivity contribution is 7.09. The highest BCUT2D eigenvalue weighted by Gasteiger charge is 2.20. The molecule has 1 N–H and O–H groups in total. The Morgan fingerprint density at radius 2 is 2.47 bits per heavy atom. The Morgan fingerprint density at radius 3 is 3.18 bits per heavy atom. The standard InChI is InChI=1S/C13H23N3S/c1-3-6-14-8-13-15-12(10-17-13)9-16-7-4-5-11(16)2/h10-11,14H,3-9H2,1-2H3. The van der Waals surface area contributed by atoms with Crippen LogP contribution in [-0.4, -0.2) is 29.0 Å². The number of aromatic nitrogens is 1. The van der Waals surface area contributed by atoms with Crippen molar-refractivity contribution in [3.8, 4) is 0 Å². The summed E-state index contributed by atoms with van der Waals surface area (Å²) in [5.41, 5.74) is 1.25. The van der Waals surface area contributed by atoms with Gasteiger partial charge in [-0.3, -0.25) is 4.90 Å². The van der Waals surface area contributed by atoms with Gasteiger partial charge in [-0.05, 0) is 39.3 Å². The molecule has 3 nitrogen and oxygen atoms in total. The van der Waals surface area contributed by atoms with E-state index in [1.807, 2.05) is 0 Å². The molecule has 0 spiro atoms. The minimum Gasteiger partial charge on any atom is -0.310 e. The summed E-state index contributed by atoms with van der Waals surface area (Å²) >= 11 is 1.78. The van der Waals surface area contributed by atoms with Crippen LogP contribution < -0.4 is 5.32 Å². The van der Waals surface area contributed by atoms with E-state index in [0.29, 0.717) is 0 Å². The van der Waals surface area contributed by atoms with Crippen LogP contribution in [0.2, 0.25) is 0 Å². The molecule has 1 fully saturated rings. The van der Waals surface area contributed by atoms with Gasteiger partial charge in [0, 0.05) is 24.5 Å². The second-order valence-corrected chi connectivity index (χ2v) is 5.81. The second-order valence-electron chi connectivity index (χ2n) is 4.87. The van der Waals surface area contributed by atoms with E-state index in [1.165, 1.54) is 36.5 Å². The molecule has 2 heterocycles. The molecule has 0 aliphatic carbocycles. The number of rotatable bonds is 6. The fourth-order valence-electron chi connectivity index (χ4n) is 2.31. The molecule has 1 aromatic rings. The molecule has 1 unspecified atom stereocenters. The Balaban J connectivity index is 1.81. The monoisotopic (exact) mass is 253 g/mol. The van der Waals surface area contributed by atoms with Gasteiger partial charge in [0.2, 0.25) is 0 Å². The first-order valence-electron chi connectivity index (χ1n) is 6.67. The summed E-state index contributed by atoms with van der Waals surface area (Å²) in [4.78, 5) is 7.23. The van der Waals surface area contributed by atoms with Crippen LogP contribution in [0, 0.1) is 0 Å². The zero-order valence-electron chi connectivity index (χ0n) is 10.9. The molecule has 4 heteroatoms. The summed E-state index contributed by atoms with van der Waals surface area (Å²) < 4.78 is 0. The molecule has 2 rings (SSSR count). The third-order valence-electron chi connectivity index (χ3n) is 3.36. The largest absolute Gasteiger partial charge is 0.310 e. The van der Waals surface area contributed by atoms with Gasteiger partial charge in [0.15, 0.2) is 0 Å². The van der Waals surface area contributed by atoms with E-state index < -0.39 is 0 Å². The van der Waals surface area contributed by atoms with E-state index in [1.54, 1.807) is 11.3 Å². The molecule has 17 heavy (non-hydrogen) atoms. The third-order valence-corrected chi connectivity index (χ3v) is 4.26. The molecule has 0 aromatic carbocycles. The smallest absolute Gasteiger partial charge is 0.107 e. The minimum atomic E-state index is 0.735. The minimum absolute atomic E-state index is 0.735. The van der Waals surface area contributed by atoms with Crippen LogP contribution in [0.1, 0.15) is 43.8 Å². The summed E-state index contributed by atoms with van der Waals surface area (Å²) in [5.74, 6) is 0. The average Bonchev–Trinajstić information content (AvgIpc) is 2.91. The average molecular weight is 253 g/mol. The van der Waals surface area contributed by atoms with Crippen molar-refractivity contribution in [3.63, 3.8) is 0 Å². The van der Waals surface area contributed by atoms with Gasteiger partial charge in [-0.1, -0.05) is 6.92 Å². The van der Waals surface area contributed by atoms with Gasteiger partial charge in [0.05, 0.1) is 5.69 Å². The van der Waals surface area contributed by atoms with Crippen molar-refractivity contribution >= 4 is 11.3 Å². The van der Waals surface area contributed by atoms with Crippen molar-refractivity contribution < 1.29 is 0 Å². The molecule has 0 radical (unpaired) electrons. The maximum atomic E-state index is 4.69. The van der Waals surface area contributed by atoms with Crippen molar-refractivity contribution in [2.75, 3.05) is 13.1 Å². The number of hydrogen-bond donors (Lipinski definition) is 1. The molecular weight excluding hydrogens is 230 g/mol. The maximum absolute atomic E-state index is 4.69. The van der Waals surface area contributed by atoms with E-state index in [-0.39, 0.29) is 0 Å². The van der Waals surface area contributed by atoms with Gasteiger partial charge in [-0.25, -0.2) is 4.98 Å². The summed E-state index contributed by atoms with van der Waals surface area (Å²) in [6, 6.07) is 0.735. The first-order chi connectivity index (χ1) is 8.29. The van der Waals surface area contributed by atoms with Crippen LogP contribution in [0.25, 0.3) is 0 Å². The van der Waals surface area contributed by atoms with Crippen LogP contribution in [0.3, 0.4) is 0 Å². The molecule has 1 aromatic heterocycles. The number of hydrogen-bond acceptors (Lipinski definition) is 4.